The van der Waals surface area contributed by atoms with E-state index in [1.807, 2.05) is 26.1 Å². The van der Waals surface area contributed by atoms with Crippen LogP contribution in [0.3, 0.4) is 0 Å². The monoisotopic (exact) mass is 257 g/mol. The predicted molar refractivity (Wildman–Crippen MR) is 78.0 cm³/mol. The Morgan fingerprint density at radius 2 is 1.84 bits per heavy atom. The molecule has 0 aliphatic carbocycles. The van der Waals surface area contributed by atoms with E-state index in [4.69, 9.17) is 0 Å². The van der Waals surface area contributed by atoms with Crippen LogP contribution in [0.4, 0.5) is 4.39 Å². The first-order valence-corrected chi connectivity index (χ1v) is 6.65. The molecule has 1 atom stereocenters. The van der Waals surface area contributed by atoms with E-state index >= 15 is 0 Å². The summed E-state index contributed by atoms with van der Waals surface area (Å²) in [7, 11) is 1.95. The van der Waals surface area contributed by atoms with E-state index in [0.717, 1.165) is 24.1 Å². The summed E-state index contributed by atoms with van der Waals surface area (Å²) in [5.74, 6) is 0.212. The molecule has 0 amide bonds. The van der Waals surface area contributed by atoms with E-state index in [-0.39, 0.29) is 5.82 Å². The van der Waals surface area contributed by atoms with Gasteiger partial charge >= 0.3 is 0 Å². The third-order valence-electron chi connectivity index (χ3n) is 3.50. The average Bonchev–Trinajstić information content (AvgIpc) is 2.43. The normalized spacial score (nSPS) is 12.4. The molecule has 0 aliphatic heterocycles. The number of aryl methyl sites for hydroxylation is 1. The molecule has 19 heavy (non-hydrogen) atoms. The van der Waals surface area contributed by atoms with Gasteiger partial charge in [0.1, 0.15) is 5.82 Å². The number of rotatable bonds is 5. The topological polar surface area (TPSA) is 12.0 Å². The van der Waals surface area contributed by atoms with Gasteiger partial charge < -0.3 is 5.32 Å². The van der Waals surface area contributed by atoms with Gasteiger partial charge in [-0.3, -0.25) is 0 Å². The minimum absolute atomic E-state index is 0.156. The fourth-order valence-electron chi connectivity index (χ4n) is 2.40. The zero-order chi connectivity index (χ0) is 13.7. The molecule has 1 N–H and O–H groups in total. The quantitative estimate of drug-likeness (QED) is 0.861. The van der Waals surface area contributed by atoms with Crippen molar-refractivity contribution in [1.29, 1.82) is 0 Å². The highest BCUT2D eigenvalue weighted by Gasteiger charge is 2.13. The highest BCUT2D eigenvalue weighted by Crippen LogP contribution is 2.22. The van der Waals surface area contributed by atoms with Crippen molar-refractivity contribution in [3.63, 3.8) is 0 Å². The highest BCUT2D eigenvalue weighted by molar-refractivity contribution is 5.30. The molecule has 1 unspecified atom stereocenters. The van der Waals surface area contributed by atoms with Crippen molar-refractivity contribution >= 4 is 0 Å². The van der Waals surface area contributed by atoms with Gasteiger partial charge in [0.2, 0.25) is 0 Å². The van der Waals surface area contributed by atoms with Gasteiger partial charge in [-0.15, -0.1) is 0 Å². The molecular weight excluding hydrogens is 237 g/mol. The standard InChI is InChI=1S/C17H20FN/c1-13-8-9-17(18)11-15(13)10-16(12-19-2)14-6-4-3-5-7-14/h3-9,11,16,19H,10,12H2,1-2H3. The van der Waals surface area contributed by atoms with Crippen LogP contribution in [0.5, 0.6) is 0 Å². The van der Waals surface area contributed by atoms with Gasteiger partial charge in [0.15, 0.2) is 0 Å². The van der Waals surface area contributed by atoms with Crippen LogP contribution in [-0.4, -0.2) is 13.6 Å². The van der Waals surface area contributed by atoms with E-state index in [2.05, 4.69) is 29.6 Å². The van der Waals surface area contributed by atoms with Crippen LogP contribution in [0.25, 0.3) is 0 Å². The zero-order valence-electron chi connectivity index (χ0n) is 11.5. The minimum Gasteiger partial charge on any atom is -0.319 e. The third kappa shape index (κ3) is 3.65. The van der Waals surface area contributed by atoms with Crippen molar-refractivity contribution in [2.24, 2.45) is 0 Å². The molecule has 0 aliphatic rings. The van der Waals surface area contributed by atoms with E-state index in [1.165, 1.54) is 11.6 Å². The van der Waals surface area contributed by atoms with Crippen LogP contribution in [0, 0.1) is 12.7 Å². The van der Waals surface area contributed by atoms with Gasteiger partial charge in [-0.1, -0.05) is 36.4 Å². The first-order valence-electron chi connectivity index (χ1n) is 6.65. The Morgan fingerprint density at radius 3 is 2.53 bits per heavy atom. The van der Waals surface area contributed by atoms with Crippen molar-refractivity contribution in [3.8, 4) is 0 Å². The second kappa shape index (κ2) is 6.48. The number of hydrogen-bond acceptors (Lipinski definition) is 1. The molecule has 0 spiro atoms. The smallest absolute Gasteiger partial charge is 0.123 e. The second-order valence-electron chi connectivity index (χ2n) is 4.94. The molecule has 0 radical (unpaired) electrons. The van der Waals surface area contributed by atoms with E-state index in [1.54, 1.807) is 6.07 Å². The number of hydrogen-bond donors (Lipinski definition) is 1. The molecule has 0 fully saturated rings. The van der Waals surface area contributed by atoms with Crippen LogP contribution in [-0.2, 0) is 6.42 Å². The van der Waals surface area contributed by atoms with Gasteiger partial charge in [-0.2, -0.15) is 0 Å². The molecule has 0 saturated carbocycles. The summed E-state index contributed by atoms with van der Waals surface area (Å²) in [5.41, 5.74) is 3.53. The average molecular weight is 257 g/mol. The van der Waals surface area contributed by atoms with Gasteiger partial charge in [0.25, 0.3) is 0 Å². The molecule has 0 aromatic heterocycles. The van der Waals surface area contributed by atoms with Crippen LogP contribution in [0.2, 0.25) is 0 Å². The van der Waals surface area contributed by atoms with Crippen molar-refractivity contribution in [3.05, 3.63) is 71.0 Å². The lowest BCUT2D eigenvalue weighted by molar-refractivity contribution is 0.606. The lowest BCUT2D eigenvalue weighted by Crippen LogP contribution is -2.19. The maximum atomic E-state index is 13.4. The third-order valence-corrected chi connectivity index (χ3v) is 3.50. The minimum atomic E-state index is -0.156. The summed E-state index contributed by atoms with van der Waals surface area (Å²) in [6, 6.07) is 15.4. The molecule has 2 rings (SSSR count). The highest BCUT2D eigenvalue weighted by atomic mass is 19.1. The summed E-state index contributed by atoms with van der Waals surface area (Å²) < 4.78 is 13.4. The summed E-state index contributed by atoms with van der Waals surface area (Å²) in [6.07, 6.45) is 0.856. The Morgan fingerprint density at radius 1 is 1.11 bits per heavy atom. The summed E-state index contributed by atoms with van der Waals surface area (Å²) >= 11 is 0. The summed E-state index contributed by atoms with van der Waals surface area (Å²) in [4.78, 5) is 0. The molecule has 0 saturated heterocycles. The van der Waals surface area contributed by atoms with E-state index in [9.17, 15) is 4.39 Å². The molecule has 2 heteroatoms. The fraction of sp³-hybridized carbons (Fsp3) is 0.294. The maximum Gasteiger partial charge on any atom is 0.123 e. The van der Waals surface area contributed by atoms with Crippen LogP contribution in [0.15, 0.2) is 48.5 Å². The van der Waals surface area contributed by atoms with Crippen LogP contribution in [0.1, 0.15) is 22.6 Å². The van der Waals surface area contributed by atoms with Gasteiger partial charge in [-0.25, -0.2) is 4.39 Å². The second-order valence-corrected chi connectivity index (χ2v) is 4.94. The van der Waals surface area contributed by atoms with Crippen LogP contribution >= 0.6 is 0 Å². The molecular formula is C17H20FN. The Kier molecular flexibility index (Phi) is 4.69. The molecule has 100 valence electrons. The number of benzene rings is 2. The summed E-state index contributed by atoms with van der Waals surface area (Å²) in [6.45, 7) is 2.93. The van der Waals surface area contributed by atoms with Gasteiger partial charge in [0.05, 0.1) is 0 Å². The lowest BCUT2D eigenvalue weighted by Gasteiger charge is -2.18. The Labute approximate surface area is 114 Å². The maximum absolute atomic E-state index is 13.4. The number of halogens is 1. The molecule has 1 nitrogen and oxygen atoms in total. The largest absolute Gasteiger partial charge is 0.319 e. The molecule has 0 heterocycles. The van der Waals surface area contributed by atoms with Gasteiger partial charge in [0, 0.05) is 12.5 Å². The first kappa shape index (κ1) is 13.8. The molecule has 2 aromatic carbocycles. The Bertz CT molecular complexity index is 522. The Balaban J connectivity index is 2.24. The molecule has 2 aromatic rings. The SMILES string of the molecule is CNCC(Cc1cc(F)ccc1C)c1ccccc1. The summed E-state index contributed by atoms with van der Waals surface area (Å²) in [5, 5.41) is 3.23. The van der Waals surface area contributed by atoms with Crippen molar-refractivity contribution < 1.29 is 4.39 Å². The van der Waals surface area contributed by atoms with E-state index < -0.39 is 0 Å². The molecule has 0 bridgehead atoms. The van der Waals surface area contributed by atoms with Crippen LogP contribution < -0.4 is 5.32 Å². The fourth-order valence-corrected chi connectivity index (χ4v) is 2.40. The number of likely N-dealkylation sites (N-methyl/N-ethyl adjacent to an activating group) is 1. The van der Waals surface area contributed by atoms with E-state index in [0.29, 0.717) is 5.92 Å². The van der Waals surface area contributed by atoms with Crippen molar-refractivity contribution in [1.82, 2.24) is 5.32 Å². The first-order chi connectivity index (χ1) is 9.20. The lowest BCUT2D eigenvalue weighted by atomic mass is 9.90. The van der Waals surface area contributed by atoms with Gasteiger partial charge in [-0.05, 0) is 49.2 Å². The van der Waals surface area contributed by atoms with Crippen molar-refractivity contribution in [2.45, 2.75) is 19.3 Å². The number of nitrogens with one attached hydrogen (secondary N) is 1. The predicted octanol–water partition coefficient (Wildman–Crippen LogP) is 3.68. The Hall–Kier alpha value is -1.67. The zero-order valence-corrected chi connectivity index (χ0v) is 11.5. The van der Waals surface area contributed by atoms with Crippen molar-refractivity contribution in [2.75, 3.05) is 13.6 Å².